The molecule has 1 aliphatic heterocycles. The molecule has 2 unspecified atom stereocenters. The first-order valence-corrected chi connectivity index (χ1v) is 6.91. The summed E-state index contributed by atoms with van der Waals surface area (Å²) < 4.78 is 0. The second-order valence-corrected chi connectivity index (χ2v) is 5.85. The van der Waals surface area contributed by atoms with E-state index in [0.29, 0.717) is 5.37 Å². The number of carbonyl (C=O) groups is 1. The molecule has 0 spiro atoms. The summed E-state index contributed by atoms with van der Waals surface area (Å²) in [5.41, 5.74) is 0. The van der Waals surface area contributed by atoms with Crippen molar-refractivity contribution in [2.24, 2.45) is 5.92 Å². The average Bonchev–Trinajstić information content (AvgIpc) is 2.68. The SMILES string of the molecule is O=C(O)C1CSC(CC2CCCCC2)N1. The van der Waals surface area contributed by atoms with Crippen LogP contribution in [0.25, 0.3) is 0 Å². The zero-order chi connectivity index (χ0) is 10.7. The van der Waals surface area contributed by atoms with Crippen molar-refractivity contribution in [1.29, 1.82) is 0 Å². The monoisotopic (exact) mass is 229 g/mol. The first kappa shape index (κ1) is 11.3. The Morgan fingerprint density at radius 1 is 1.33 bits per heavy atom. The quantitative estimate of drug-likeness (QED) is 0.778. The molecule has 15 heavy (non-hydrogen) atoms. The Hall–Kier alpha value is -0.220. The smallest absolute Gasteiger partial charge is 0.321 e. The molecule has 2 atom stereocenters. The van der Waals surface area contributed by atoms with Crippen LogP contribution in [0, 0.1) is 5.92 Å². The van der Waals surface area contributed by atoms with Crippen molar-refractivity contribution in [3.05, 3.63) is 0 Å². The second-order valence-electron chi connectivity index (χ2n) is 4.62. The highest BCUT2D eigenvalue weighted by molar-refractivity contribution is 8.00. The van der Waals surface area contributed by atoms with Gasteiger partial charge in [-0.2, -0.15) is 0 Å². The fraction of sp³-hybridized carbons (Fsp3) is 0.909. The van der Waals surface area contributed by atoms with Gasteiger partial charge in [-0.25, -0.2) is 0 Å². The summed E-state index contributed by atoms with van der Waals surface area (Å²) >= 11 is 1.78. The highest BCUT2D eigenvalue weighted by Crippen LogP contribution is 2.32. The van der Waals surface area contributed by atoms with Gasteiger partial charge in [-0.1, -0.05) is 32.1 Å². The lowest BCUT2D eigenvalue weighted by Crippen LogP contribution is -2.37. The number of carboxylic acids is 1. The molecule has 0 radical (unpaired) electrons. The minimum Gasteiger partial charge on any atom is -0.480 e. The Labute approximate surface area is 95.0 Å². The molecule has 1 heterocycles. The predicted octanol–water partition coefficient (Wildman–Crippen LogP) is 2.07. The van der Waals surface area contributed by atoms with E-state index in [2.05, 4.69) is 5.32 Å². The van der Waals surface area contributed by atoms with E-state index in [-0.39, 0.29) is 6.04 Å². The molecule has 2 aliphatic rings. The van der Waals surface area contributed by atoms with Gasteiger partial charge in [0.05, 0.1) is 5.37 Å². The van der Waals surface area contributed by atoms with Gasteiger partial charge in [0, 0.05) is 5.75 Å². The van der Waals surface area contributed by atoms with Gasteiger partial charge >= 0.3 is 5.97 Å². The summed E-state index contributed by atoms with van der Waals surface area (Å²) in [6.07, 6.45) is 7.97. The number of thioether (sulfide) groups is 1. The van der Waals surface area contributed by atoms with Crippen molar-refractivity contribution in [1.82, 2.24) is 5.32 Å². The van der Waals surface area contributed by atoms with E-state index in [1.807, 2.05) is 0 Å². The van der Waals surface area contributed by atoms with E-state index in [9.17, 15) is 4.79 Å². The van der Waals surface area contributed by atoms with E-state index >= 15 is 0 Å². The van der Waals surface area contributed by atoms with Crippen molar-refractivity contribution in [3.8, 4) is 0 Å². The molecule has 2 fully saturated rings. The van der Waals surface area contributed by atoms with Crippen LogP contribution in [0.5, 0.6) is 0 Å². The Morgan fingerprint density at radius 2 is 2.07 bits per heavy atom. The Bertz CT molecular complexity index is 229. The van der Waals surface area contributed by atoms with Crippen LogP contribution in [0.3, 0.4) is 0 Å². The van der Waals surface area contributed by atoms with E-state index < -0.39 is 5.97 Å². The third-order valence-corrected chi connectivity index (χ3v) is 4.68. The van der Waals surface area contributed by atoms with Crippen LogP contribution in [0.4, 0.5) is 0 Å². The van der Waals surface area contributed by atoms with Gasteiger partial charge in [0.25, 0.3) is 0 Å². The van der Waals surface area contributed by atoms with E-state index in [4.69, 9.17) is 5.11 Å². The zero-order valence-corrected chi connectivity index (χ0v) is 9.76. The van der Waals surface area contributed by atoms with Crippen molar-refractivity contribution in [3.63, 3.8) is 0 Å². The van der Waals surface area contributed by atoms with Crippen LogP contribution in [-0.4, -0.2) is 28.2 Å². The predicted molar refractivity (Wildman–Crippen MR) is 62.0 cm³/mol. The van der Waals surface area contributed by atoms with Crippen LogP contribution in [0.1, 0.15) is 38.5 Å². The number of rotatable bonds is 3. The molecule has 0 aromatic carbocycles. The second kappa shape index (κ2) is 5.21. The van der Waals surface area contributed by atoms with Crippen LogP contribution in [0.2, 0.25) is 0 Å². The van der Waals surface area contributed by atoms with Gasteiger partial charge in [-0.15, -0.1) is 11.8 Å². The van der Waals surface area contributed by atoms with E-state index in [1.54, 1.807) is 11.8 Å². The lowest BCUT2D eigenvalue weighted by Gasteiger charge is -2.24. The number of hydrogen-bond donors (Lipinski definition) is 2. The molecular formula is C11H19NO2S. The van der Waals surface area contributed by atoms with Crippen LogP contribution < -0.4 is 5.32 Å². The maximum atomic E-state index is 10.8. The topological polar surface area (TPSA) is 49.3 Å². The molecule has 2 N–H and O–H groups in total. The molecule has 86 valence electrons. The van der Waals surface area contributed by atoms with Crippen LogP contribution in [0.15, 0.2) is 0 Å². The average molecular weight is 229 g/mol. The molecule has 1 saturated carbocycles. The standard InChI is InChI=1S/C11H19NO2S/c13-11(14)9-7-15-10(12-9)6-8-4-2-1-3-5-8/h8-10,12H,1-7H2,(H,13,14). The molecule has 2 rings (SSSR count). The summed E-state index contributed by atoms with van der Waals surface area (Å²) in [5, 5.41) is 12.4. The molecule has 0 bridgehead atoms. The Balaban J connectivity index is 1.74. The first-order chi connectivity index (χ1) is 7.25. The zero-order valence-electron chi connectivity index (χ0n) is 8.95. The Kier molecular flexibility index (Phi) is 3.92. The van der Waals surface area contributed by atoms with Gasteiger partial charge in [0.15, 0.2) is 0 Å². The molecule has 0 amide bonds. The van der Waals surface area contributed by atoms with Crippen LogP contribution >= 0.6 is 11.8 Å². The van der Waals surface area contributed by atoms with E-state index in [0.717, 1.165) is 18.1 Å². The number of carboxylic acid groups (broad SMARTS) is 1. The third kappa shape index (κ3) is 3.11. The molecule has 1 aliphatic carbocycles. The maximum Gasteiger partial charge on any atom is 0.321 e. The summed E-state index contributed by atoms with van der Waals surface area (Å²) in [5.74, 6) is 0.858. The highest BCUT2D eigenvalue weighted by Gasteiger charge is 2.30. The summed E-state index contributed by atoms with van der Waals surface area (Å²) in [4.78, 5) is 10.8. The fourth-order valence-electron chi connectivity index (χ4n) is 2.54. The van der Waals surface area contributed by atoms with E-state index in [1.165, 1.54) is 32.1 Å². The van der Waals surface area contributed by atoms with Crippen LogP contribution in [-0.2, 0) is 4.79 Å². The summed E-state index contributed by atoms with van der Waals surface area (Å²) in [6.45, 7) is 0. The fourth-order valence-corrected chi connectivity index (χ4v) is 3.87. The molecular weight excluding hydrogens is 210 g/mol. The number of hydrogen-bond acceptors (Lipinski definition) is 3. The lowest BCUT2D eigenvalue weighted by molar-refractivity contribution is -0.138. The van der Waals surface area contributed by atoms with Gasteiger partial charge in [-0.05, 0) is 12.3 Å². The van der Waals surface area contributed by atoms with Crippen molar-refractivity contribution in [2.45, 2.75) is 49.9 Å². The minimum atomic E-state index is -0.700. The highest BCUT2D eigenvalue weighted by atomic mass is 32.2. The van der Waals surface area contributed by atoms with Gasteiger partial charge in [-0.3, -0.25) is 10.1 Å². The largest absolute Gasteiger partial charge is 0.480 e. The molecule has 0 aromatic rings. The Morgan fingerprint density at radius 3 is 2.67 bits per heavy atom. The van der Waals surface area contributed by atoms with Crippen molar-refractivity contribution < 1.29 is 9.90 Å². The van der Waals surface area contributed by atoms with Gasteiger partial charge in [0.2, 0.25) is 0 Å². The summed E-state index contributed by atoms with van der Waals surface area (Å²) in [6, 6.07) is -0.316. The number of nitrogens with one attached hydrogen (secondary N) is 1. The normalized spacial score (nSPS) is 33.1. The molecule has 4 heteroatoms. The van der Waals surface area contributed by atoms with Crippen molar-refractivity contribution in [2.75, 3.05) is 5.75 Å². The van der Waals surface area contributed by atoms with Crippen molar-refractivity contribution >= 4 is 17.7 Å². The third-order valence-electron chi connectivity index (χ3n) is 3.42. The molecule has 0 aromatic heterocycles. The minimum absolute atomic E-state index is 0.316. The first-order valence-electron chi connectivity index (χ1n) is 5.86. The van der Waals surface area contributed by atoms with Gasteiger partial charge < -0.3 is 5.11 Å². The maximum absolute atomic E-state index is 10.8. The molecule has 1 saturated heterocycles. The summed E-state index contributed by atoms with van der Waals surface area (Å²) in [7, 11) is 0. The lowest BCUT2D eigenvalue weighted by atomic mass is 9.87. The molecule has 3 nitrogen and oxygen atoms in total. The van der Waals surface area contributed by atoms with Gasteiger partial charge in [0.1, 0.15) is 6.04 Å². The number of aliphatic carboxylic acids is 1.